The van der Waals surface area contributed by atoms with Crippen LogP contribution < -0.4 is 10.9 Å². The summed E-state index contributed by atoms with van der Waals surface area (Å²) in [6.07, 6.45) is 5.53. The van der Waals surface area contributed by atoms with E-state index in [1.165, 1.54) is 28.0 Å². The molecule has 1 aromatic carbocycles. The van der Waals surface area contributed by atoms with Crippen LogP contribution in [-0.4, -0.2) is 51.7 Å². The molecule has 0 radical (unpaired) electrons. The molecule has 0 saturated heterocycles. The molecule has 7 nitrogen and oxygen atoms in total. The Bertz CT molecular complexity index is 1340. The second-order valence-corrected chi connectivity index (χ2v) is 12.3. The number of carbonyl (C=O) groups excluding carboxylic acids is 2. The lowest BCUT2D eigenvalue weighted by molar-refractivity contribution is -0.121. The number of hydrogen-bond acceptors (Lipinski definition) is 6. The number of hydrogen-bond donors (Lipinski definition) is 1. The topological polar surface area (TPSA) is 84.3 Å². The third-order valence-electron chi connectivity index (χ3n) is 6.77. The van der Waals surface area contributed by atoms with Gasteiger partial charge in [0.15, 0.2) is 5.16 Å². The molecule has 198 valence electrons. The summed E-state index contributed by atoms with van der Waals surface area (Å²) in [6.45, 7) is 4.18. The highest BCUT2D eigenvalue weighted by atomic mass is 35.5. The number of thioether (sulfide) groups is 1. The summed E-state index contributed by atoms with van der Waals surface area (Å²) in [4.78, 5) is 47.1. The Morgan fingerprint density at radius 1 is 1.24 bits per heavy atom. The molecule has 1 atom stereocenters. The zero-order valence-electron chi connectivity index (χ0n) is 21.7. The van der Waals surface area contributed by atoms with Crippen LogP contribution in [0.15, 0.2) is 34.2 Å². The Morgan fingerprint density at radius 2 is 1.92 bits per heavy atom. The maximum Gasteiger partial charge on any atom is 0.263 e. The van der Waals surface area contributed by atoms with Crippen molar-refractivity contribution in [2.24, 2.45) is 0 Å². The second kappa shape index (κ2) is 12.0. The van der Waals surface area contributed by atoms with Gasteiger partial charge in [-0.25, -0.2) is 4.98 Å². The molecule has 10 heteroatoms. The molecule has 1 fully saturated rings. The maximum absolute atomic E-state index is 13.8. The van der Waals surface area contributed by atoms with Gasteiger partial charge in [0.1, 0.15) is 4.83 Å². The van der Waals surface area contributed by atoms with Gasteiger partial charge in [0.05, 0.1) is 15.5 Å². The maximum atomic E-state index is 13.8. The Kier molecular flexibility index (Phi) is 8.98. The van der Waals surface area contributed by atoms with Gasteiger partial charge in [-0.15, -0.1) is 11.3 Å². The smallest absolute Gasteiger partial charge is 0.263 e. The molecule has 0 bridgehead atoms. The number of carbonyl (C=O) groups is 2. The summed E-state index contributed by atoms with van der Waals surface area (Å²) in [6, 6.07) is 7.78. The van der Waals surface area contributed by atoms with E-state index in [1.54, 1.807) is 25.6 Å². The summed E-state index contributed by atoms with van der Waals surface area (Å²) < 4.78 is 1.66. The van der Waals surface area contributed by atoms with Gasteiger partial charge in [-0.3, -0.25) is 19.0 Å². The Labute approximate surface area is 230 Å². The van der Waals surface area contributed by atoms with Crippen molar-refractivity contribution in [1.82, 2.24) is 19.8 Å². The molecule has 0 aliphatic heterocycles. The molecule has 1 aliphatic rings. The molecule has 2 amide bonds. The number of nitrogens with one attached hydrogen (secondary N) is 1. The fourth-order valence-corrected chi connectivity index (χ4v) is 7.02. The molecular weight excluding hydrogens is 528 g/mol. The highest BCUT2D eigenvalue weighted by Gasteiger charge is 2.27. The van der Waals surface area contributed by atoms with Gasteiger partial charge < -0.3 is 10.2 Å². The van der Waals surface area contributed by atoms with E-state index < -0.39 is 0 Å². The quantitative estimate of drug-likeness (QED) is 0.284. The molecule has 4 rings (SSSR count). The summed E-state index contributed by atoms with van der Waals surface area (Å²) >= 11 is 8.61. The average molecular weight is 561 g/mol. The second-order valence-electron chi connectivity index (χ2n) is 9.67. The van der Waals surface area contributed by atoms with Crippen molar-refractivity contribution in [3.63, 3.8) is 0 Å². The molecule has 3 aromatic rings. The number of aromatic nitrogens is 2. The summed E-state index contributed by atoms with van der Waals surface area (Å²) in [5, 5.41) is 4.46. The van der Waals surface area contributed by atoms with Crippen LogP contribution in [-0.2, 0) is 17.8 Å². The number of nitrogens with zero attached hydrogens (tertiary/aromatic N) is 3. The van der Waals surface area contributed by atoms with Crippen LogP contribution in [0, 0.1) is 6.92 Å². The van der Waals surface area contributed by atoms with E-state index in [2.05, 4.69) is 5.32 Å². The lowest BCUT2D eigenvalue weighted by Crippen LogP contribution is -2.39. The van der Waals surface area contributed by atoms with Crippen LogP contribution >= 0.6 is 34.7 Å². The van der Waals surface area contributed by atoms with Gasteiger partial charge in [-0.2, -0.15) is 0 Å². The van der Waals surface area contributed by atoms with E-state index >= 15 is 0 Å². The van der Waals surface area contributed by atoms with Crippen LogP contribution in [0.2, 0.25) is 5.02 Å². The Morgan fingerprint density at radius 3 is 2.54 bits per heavy atom. The lowest BCUT2D eigenvalue weighted by atomic mass is 10.1. The molecule has 2 heterocycles. The number of halogens is 1. The molecule has 1 saturated carbocycles. The third kappa shape index (κ3) is 6.21. The zero-order chi connectivity index (χ0) is 26.7. The largest absolute Gasteiger partial charge is 0.352 e. The van der Waals surface area contributed by atoms with Crippen LogP contribution in [0.3, 0.4) is 0 Å². The van der Waals surface area contributed by atoms with Crippen molar-refractivity contribution in [3.05, 3.63) is 55.6 Å². The number of amides is 2. The van der Waals surface area contributed by atoms with Crippen molar-refractivity contribution < 1.29 is 9.59 Å². The summed E-state index contributed by atoms with van der Waals surface area (Å²) in [5.74, 6) is -0.159. The molecule has 2 aromatic heterocycles. The molecule has 37 heavy (non-hydrogen) atoms. The van der Waals surface area contributed by atoms with E-state index in [1.807, 2.05) is 31.2 Å². The van der Waals surface area contributed by atoms with Gasteiger partial charge >= 0.3 is 0 Å². The molecular formula is C27H33ClN4O3S2. The van der Waals surface area contributed by atoms with Crippen LogP contribution in [0.5, 0.6) is 0 Å². The molecule has 0 spiro atoms. The fraction of sp³-hybridized carbons (Fsp3) is 0.481. The zero-order valence-corrected chi connectivity index (χ0v) is 24.1. The minimum atomic E-state index is -0.365. The van der Waals surface area contributed by atoms with Crippen LogP contribution in [0.1, 0.15) is 59.8 Å². The van der Waals surface area contributed by atoms with Crippen LogP contribution in [0.4, 0.5) is 0 Å². The Hall–Kier alpha value is -2.36. The monoisotopic (exact) mass is 560 g/mol. The van der Waals surface area contributed by atoms with Crippen molar-refractivity contribution in [3.8, 4) is 0 Å². The fourth-order valence-electron chi connectivity index (χ4n) is 4.60. The third-order valence-corrected chi connectivity index (χ3v) is 9.55. The first-order valence-corrected chi connectivity index (χ1v) is 14.7. The molecule has 1 N–H and O–H groups in total. The summed E-state index contributed by atoms with van der Waals surface area (Å²) in [7, 11) is 3.39. The van der Waals surface area contributed by atoms with Gasteiger partial charge in [-0.1, -0.05) is 55.3 Å². The molecule has 1 aliphatic carbocycles. The van der Waals surface area contributed by atoms with E-state index in [0.717, 1.165) is 31.2 Å². The summed E-state index contributed by atoms with van der Waals surface area (Å²) in [5.41, 5.74) is 1.52. The van der Waals surface area contributed by atoms with Crippen molar-refractivity contribution in [2.45, 2.75) is 75.4 Å². The van der Waals surface area contributed by atoms with E-state index in [4.69, 9.17) is 16.6 Å². The first-order valence-electron chi connectivity index (χ1n) is 12.7. The first kappa shape index (κ1) is 27.7. The standard InChI is InChI=1S/C27H33ClN4O3S2/c1-5-20(23(33)29-19-8-6-7-9-19)36-27-30-24-21(16(2)22(37-24)26(35)31(3)4)25(34)32(27)15-14-17-10-12-18(28)13-11-17/h10-13,19-20H,5-9,14-15H2,1-4H3,(H,29,33)/t20-/m0/s1. The van der Waals surface area contributed by atoms with Crippen LogP contribution in [0.25, 0.3) is 10.2 Å². The average Bonchev–Trinajstić information content (AvgIpc) is 3.50. The highest BCUT2D eigenvalue weighted by Crippen LogP contribution is 2.32. The number of aryl methyl sites for hydroxylation is 2. The van der Waals surface area contributed by atoms with E-state index in [0.29, 0.717) is 50.2 Å². The minimum Gasteiger partial charge on any atom is -0.352 e. The number of fused-ring (bicyclic) bond motifs is 1. The minimum absolute atomic E-state index is 0.0103. The van der Waals surface area contributed by atoms with E-state index in [-0.39, 0.29) is 28.7 Å². The highest BCUT2D eigenvalue weighted by molar-refractivity contribution is 8.00. The number of rotatable bonds is 9. The predicted molar refractivity (Wildman–Crippen MR) is 152 cm³/mol. The first-order chi connectivity index (χ1) is 17.7. The van der Waals surface area contributed by atoms with E-state index in [9.17, 15) is 14.4 Å². The number of thiophene rings is 1. The predicted octanol–water partition coefficient (Wildman–Crippen LogP) is 5.29. The van der Waals surface area contributed by atoms with Gasteiger partial charge in [0.2, 0.25) is 5.91 Å². The lowest BCUT2D eigenvalue weighted by Gasteiger charge is -2.20. The van der Waals surface area contributed by atoms with Gasteiger partial charge in [-0.05, 0) is 55.9 Å². The van der Waals surface area contributed by atoms with Crippen molar-refractivity contribution in [1.29, 1.82) is 0 Å². The molecule has 0 unspecified atom stereocenters. The van der Waals surface area contributed by atoms with Crippen molar-refractivity contribution in [2.75, 3.05) is 14.1 Å². The normalized spacial score (nSPS) is 14.7. The Balaban J connectivity index is 1.72. The van der Waals surface area contributed by atoms with Gasteiger partial charge in [0, 0.05) is 31.7 Å². The SMILES string of the molecule is CC[C@H](Sc1nc2sc(C(=O)N(C)C)c(C)c2c(=O)n1CCc1ccc(Cl)cc1)C(=O)NC1CCCC1. The van der Waals surface area contributed by atoms with Gasteiger partial charge in [0.25, 0.3) is 11.5 Å². The number of benzene rings is 1. The van der Waals surface area contributed by atoms with Crippen molar-refractivity contribution >= 4 is 56.7 Å².